The van der Waals surface area contributed by atoms with E-state index < -0.39 is 8.80 Å². The van der Waals surface area contributed by atoms with Crippen LogP contribution in [0.3, 0.4) is 0 Å². The fourth-order valence-corrected chi connectivity index (χ4v) is 6.33. The SMILES string of the molecule is CO[Si](CCCCCCCCN1CCN(CCN2CCN(C)CC2)CC1)(OC)OC. The summed E-state index contributed by atoms with van der Waals surface area (Å²) in [6.07, 6.45) is 7.72. The van der Waals surface area contributed by atoms with Gasteiger partial charge in [-0.3, -0.25) is 9.80 Å². The van der Waals surface area contributed by atoms with Crippen LogP contribution in [0.25, 0.3) is 0 Å². The van der Waals surface area contributed by atoms with Crippen LogP contribution in [0.1, 0.15) is 38.5 Å². The van der Waals surface area contributed by atoms with Gasteiger partial charge in [0, 0.05) is 92.8 Å². The van der Waals surface area contributed by atoms with Crippen molar-refractivity contribution in [2.75, 3.05) is 100 Å². The van der Waals surface area contributed by atoms with Crippen LogP contribution in [0.2, 0.25) is 6.04 Å². The third-order valence-corrected chi connectivity index (χ3v) is 9.77. The summed E-state index contributed by atoms with van der Waals surface area (Å²) in [5.74, 6) is 0. The van der Waals surface area contributed by atoms with Crippen molar-refractivity contribution in [3.05, 3.63) is 0 Å². The van der Waals surface area contributed by atoms with Crippen molar-refractivity contribution >= 4 is 8.80 Å². The van der Waals surface area contributed by atoms with Crippen LogP contribution in [0.15, 0.2) is 0 Å². The molecular weight excluding hydrogens is 396 g/mol. The summed E-state index contributed by atoms with van der Waals surface area (Å²) in [7, 11) is 4.98. The van der Waals surface area contributed by atoms with Crippen molar-refractivity contribution in [2.24, 2.45) is 0 Å². The fraction of sp³-hybridized carbons (Fsp3) is 1.00. The lowest BCUT2D eigenvalue weighted by Gasteiger charge is -2.37. The monoisotopic (exact) mass is 444 g/mol. The number of hydrogen-bond donors (Lipinski definition) is 0. The van der Waals surface area contributed by atoms with Gasteiger partial charge < -0.3 is 23.1 Å². The zero-order chi connectivity index (χ0) is 21.7. The molecule has 0 radical (unpaired) electrons. The summed E-state index contributed by atoms with van der Waals surface area (Å²) in [6, 6.07) is 0.926. The number of nitrogens with zero attached hydrogens (tertiary/aromatic N) is 4. The van der Waals surface area contributed by atoms with E-state index in [2.05, 4.69) is 26.6 Å². The quantitative estimate of drug-likeness (QED) is 0.283. The van der Waals surface area contributed by atoms with Crippen LogP contribution in [-0.2, 0) is 13.3 Å². The van der Waals surface area contributed by atoms with Gasteiger partial charge in [0.05, 0.1) is 0 Å². The second-order valence-corrected chi connectivity index (χ2v) is 12.1. The van der Waals surface area contributed by atoms with Crippen molar-refractivity contribution in [3.8, 4) is 0 Å². The van der Waals surface area contributed by atoms with Gasteiger partial charge in [0.25, 0.3) is 0 Å². The first-order valence-electron chi connectivity index (χ1n) is 12.1. The molecule has 8 heteroatoms. The highest BCUT2D eigenvalue weighted by Crippen LogP contribution is 2.18. The summed E-state index contributed by atoms with van der Waals surface area (Å²) in [5.41, 5.74) is 0. The minimum Gasteiger partial charge on any atom is -0.377 e. The Balaban J connectivity index is 1.41. The second kappa shape index (κ2) is 14.9. The van der Waals surface area contributed by atoms with Gasteiger partial charge in [0.15, 0.2) is 0 Å². The Bertz CT molecular complexity index is 418. The van der Waals surface area contributed by atoms with Crippen molar-refractivity contribution < 1.29 is 13.3 Å². The highest BCUT2D eigenvalue weighted by atomic mass is 28.4. The van der Waals surface area contributed by atoms with Gasteiger partial charge >= 0.3 is 8.80 Å². The summed E-state index contributed by atoms with van der Waals surface area (Å²) in [4.78, 5) is 10.4. The van der Waals surface area contributed by atoms with Gasteiger partial charge in [0.1, 0.15) is 0 Å². The predicted molar refractivity (Wildman–Crippen MR) is 126 cm³/mol. The topological polar surface area (TPSA) is 40.7 Å². The lowest BCUT2D eigenvalue weighted by molar-refractivity contribution is 0.101. The van der Waals surface area contributed by atoms with E-state index in [-0.39, 0.29) is 0 Å². The molecule has 0 bridgehead atoms. The first kappa shape index (κ1) is 26.2. The molecule has 0 spiro atoms. The lowest BCUT2D eigenvalue weighted by atomic mass is 10.1. The molecule has 2 rings (SSSR count). The van der Waals surface area contributed by atoms with E-state index in [9.17, 15) is 0 Å². The molecule has 30 heavy (non-hydrogen) atoms. The number of hydrogen-bond acceptors (Lipinski definition) is 7. The molecule has 0 atom stereocenters. The molecule has 2 fully saturated rings. The maximum atomic E-state index is 5.49. The van der Waals surface area contributed by atoms with Crippen LogP contribution in [0.4, 0.5) is 0 Å². The number of likely N-dealkylation sites (N-methyl/N-ethyl adjacent to an activating group) is 1. The molecule has 0 saturated carbocycles. The van der Waals surface area contributed by atoms with Crippen molar-refractivity contribution in [1.82, 2.24) is 19.6 Å². The van der Waals surface area contributed by atoms with Gasteiger partial charge in [-0.25, -0.2) is 0 Å². The Morgan fingerprint density at radius 3 is 1.43 bits per heavy atom. The largest absolute Gasteiger partial charge is 0.500 e. The molecule has 0 amide bonds. The average Bonchev–Trinajstić information content (AvgIpc) is 2.79. The first-order chi connectivity index (χ1) is 14.6. The van der Waals surface area contributed by atoms with Crippen LogP contribution in [-0.4, -0.2) is 129 Å². The summed E-state index contributed by atoms with van der Waals surface area (Å²) in [5, 5.41) is 0. The normalized spacial score (nSPS) is 20.8. The molecule has 2 saturated heterocycles. The van der Waals surface area contributed by atoms with Gasteiger partial charge in [0.2, 0.25) is 0 Å². The first-order valence-corrected chi connectivity index (χ1v) is 14.0. The highest BCUT2D eigenvalue weighted by molar-refractivity contribution is 6.60. The Morgan fingerprint density at radius 2 is 0.933 bits per heavy atom. The lowest BCUT2D eigenvalue weighted by Crippen LogP contribution is -2.50. The third-order valence-electron chi connectivity index (χ3n) is 6.93. The van der Waals surface area contributed by atoms with Gasteiger partial charge in [-0.1, -0.05) is 25.7 Å². The van der Waals surface area contributed by atoms with Crippen LogP contribution < -0.4 is 0 Å². The number of rotatable bonds is 15. The maximum Gasteiger partial charge on any atom is 0.500 e. The van der Waals surface area contributed by atoms with Crippen molar-refractivity contribution in [3.63, 3.8) is 0 Å². The average molecular weight is 445 g/mol. The van der Waals surface area contributed by atoms with Crippen LogP contribution in [0, 0.1) is 0 Å². The van der Waals surface area contributed by atoms with E-state index in [0.29, 0.717) is 0 Å². The fourth-order valence-electron chi connectivity index (χ4n) is 4.53. The van der Waals surface area contributed by atoms with E-state index in [1.165, 1.54) is 104 Å². The minimum absolute atomic E-state index is 0.926. The molecular formula is C22H48N4O3Si. The van der Waals surface area contributed by atoms with Crippen molar-refractivity contribution in [2.45, 2.75) is 44.6 Å². The van der Waals surface area contributed by atoms with E-state index in [0.717, 1.165) is 12.5 Å². The second-order valence-electron chi connectivity index (χ2n) is 8.99. The molecule has 7 nitrogen and oxygen atoms in total. The molecule has 2 heterocycles. The standard InChI is InChI=1S/C22H48N4O3Si/c1-23-12-14-25(15-13-23)20-21-26-18-16-24(17-19-26)11-9-7-5-6-8-10-22-30(27-2,28-3)29-4/h5-22H2,1-4H3. The Kier molecular flexibility index (Phi) is 13.0. The van der Waals surface area contributed by atoms with Gasteiger partial charge in [-0.2, -0.15) is 0 Å². The zero-order valence-corrected chi connectivity index (χ0v) is 21.2. The van der Waals surface area contributed by atoms with Crippen molar-refractivity contribution in [1.29, 1.82) is 0 Å². The Morgan fingerprint density at radius 1 is 0.533 bits per heavy atom. The smallest absolute Gasteiger partial charge is 0.377 e. The van der Waals surface area contributed by atoms with Crippen LogP contribution in [0.5, 0.6) is 0 Å². The molecule has 0 unspecified atom stereocenters. The zero-order valence-electron chi connectivity index (χ0n) is 20.2. The molecule has 0 aromatic heterocycles. The van der Waals surface area contributed by atoms with Crippen LogP contribution >= 0.6 is 0 Å². The Hall–Kier alpha value is -0.0631. The number of piperazine rings is 2. The van der Waals surface area contributed by atoms with E-state index >= 15 is 0 Å². The van der Waals surface area contributed by atoms with E-state index in [1.54, 1.807) is 21.3 Å². The molecule has 0 aliphatic carbocycles. The third kappa shape index (κ3) is 9.61. The van der Waals surface area contributed by atoms with E-state index in [4.69, 9.17) is 13.3 Å². The highest BCUT2D eigenvalue weighted by Gasteiger charge is 2.36. The van der Waals surface area contributed by atoms with E-state index in [1.807, 2.05) is 0 Å². The molecule has 0 aromatic rings. The van der Waals surface area contributed by atoms with Gasteiger partial charge in [-0.15, -0.1) is 0 Å². The molecule has 0 aromatic carbocycles. The molecule has 0 N–H and O–H groups in total. The molecule has 2 aliphatic heterocycles. The van der Waals surface area contributed by atoms with Gasteiger partial charge in [-0.05, 0) is 26.4 Å². The number of unbranched alkanes of at least 4 members (excludes halogenated alkanes) is 5. The maximum absolute atomic E-state index is 5.49. The molecule has 2 aliphatic rings. The summed E-state index contributed by atoms with van der Waals surface area (Å²) >= 11 is 0. The summed E-state index contributed by atoms with van der Waals surface area (Å²) in [6.45, 7) is 13.7. The predicted octanol–water partition coefficient (Wildman–Crippen LogP) is 2.07. The summed E-state index contributed by atoms with van der Waals surface area (Å²) < 4.78 is 16.5. The minimum atomic E-state index is -2.36. The Labute approximate surface area is 187 Å². The molecule has 178 valence electrons.